The van der Waals surface area contributed by atoms with E-state index in [9.17, 15) is 0 Å². The summed E-state index contributed by atoms with van der Waals surface area (Å²) in [5.74, 6) is 2.43. The Morgan fingerprint density at radius 3 is 1.31 bits per heavy atom. The number of benzene rings is 1. The van der Waals surface area contributed by atoms with Gasteiger partial charge in [0, 0.05) is 32.2 Å². The van der Waals surface area contributed by atoms with Crippen LogP contribution < -0.4 is 0 Å². The number of fused-ring (bicyclic) bond motifs is 3. The number of unbranched alkanes of at least 4 members (excludes halogenated alkanes) is 14. The molecule has 0 saturated heterocycles. The predicted octanol–water partition coefficient (Wildman–Crippen LogP) is 23.9. The zero-order valence-corrected chi connectivity index (χ0v) is 55.0. The molecule has 7 rings (SSSR count). The molecule has 5 aromatic rings. The summed E-state index contributed by atoms with van der Waals surface area (Å²) in [5, 5.41) is 7.51. The topological polar surface area (TPSA) is 40.6 Å². The molecule has 1 aromatic carbocycles. The van der Waals surface area contributed by atoms with Crippen LogP contribution in [0, 0.1) is 23.7 Å². The van der Waals surface area contributed by atoms with E-state index in [-0.39, 0.29) is 11.8 Å². The van der Waals surface area contributed by atoms with E-state index < -0.39 is 0 Å². The Kier molecular flexibility index (Phi) is 28.0. The van der Waals surface area contributed by atoms with E-state index in [0.717, 1.165) is 97.2 Å². The summed E-state index contributed by atoms with van der Waals surface area (Å²) in [5.41, 5.74) is 6.26. The lowest BCUT2D eigenvalue weighted by Gasteiger charge is -2.29. The van der Waals surface area contributed by atoms with Crippen molar-refractivity contribution in [2.24, 2.45) is 23.7 Å². The third kappa shape index (κ3) is 17.1. The highest BCUT2D eigenvalue weighted by atomic mass is 32.1. The Bertz CT molecular complexity index is 2600. The number of nitrogens with zero attached hydrogens (tertiary/aromatic N) is 2. The zero-order chi connectivity index (χ0) is 56.6. The maximum absolute atomic E-state index is 15.8. The molecule has 0 saturated carbocycles. The van der Waals surface area contributed by atoms with Gasteiger partial charge in [0.05, 0.1) is 32.3 Å². The molecule has 2 aliphatic rings. The van der Waals surface area contributed by atoms with E-state index in [0.29, 0.717) is 36.1 Å². The van der Waals surface area contributed by atoms with Gasteiger partial charge in [-0.05, 0) is 138 Å². The van der Waals surface area contributed by atoms with Crippen molar-refractivity contribution >= 4 is 88.7 Å². The van der Waals surface area contributed by atoms with Gasteiger partial charge in [-0.25, -0.2) is 0 Å². The summed E-state index contributed by atoms with van der Waals surface area (Å²) in [6, 6.07) is 14.0. The fourth-order valence-electron chi connectivity index (χ4n) is 13.5. The second-order valence-electron chi connectivity index (χ2n) is 24.7. The maximum Gasteiger partial charge on any atom is 0.261 e. The highest BCUT2D eigenvalue weighted by Gasteiger charge is 2.50. The number of carbonyl (C=O) groups excluding carboxylic acids is 2. The van der Waals surface area contributed by atoms with Crippen LogP contribution in [0.15, 0.2) is 58.3 Å². The minimum absolute atomic E-state index is 0.0439. The Labute approximate surface area is 504 Å². The predicted molar refractivity (Wildman–Crippen MR) is 357 cm³/mol. The van der Waals surface area contributed by atoms with Gasteiger partial charge in [0.1, 0.15) is 0 Å². The van der Waals surface area contributed by atoms with Crippen LogP contribution in [0.5, 0.6) is 0 Å². The molecule has 0 fully saturated rings. The molecule has 0 radical (unpaired) electrons. The Morgan fingerprint density at radius 2 is 0.812 bits per heavy atom. The number of carbonyl (C=O) groups is 2. The van der Waals surface area contributed by atoms with E-state index in [1.165, 1.54) is 184 Å². The van der Waals surface area contributed by atoms with Crippen LogP contribution in [-0.2, 0) is 22.4 Å². The van der Waals surface area contributed by atoms with Gasteiger partial charge in [0.25, 0.3) is 11.8 Å². The first kappa shape index (κ1) is 64.5. The monoisotopic (exact) mass is 1160 g/mol. The van der Waals surface area contributed by atoms with E-state index in [2.05, 4.69) is 112 Å². The molecule has 0 N–H and O–H groups in total. The minimum Gasteiger partial charge on any atom is -0.306 e. The standard InChI is InChI=1S/C72H108N2O2S4/c1-9-17-25-29-38-55(34-23-15-7)51-73-67(62-40-31-48-77-62)65-66(72(73)76)68(74(71(65)75)52-56(35-24-16-8)39-30-26-18-10-2)63-46-45-61(79-63)64-50-60-58(44-42-54(33-22-14-6)37-28-20-12-4)69-59(47-49-78-69)57(70(60)80-64)43-41-53(32-21-13-5)36-27-19-11-3/h31,40,45-50,53-56H,9-30,32-39,41-44,51-52H2,1-8H3. The van der Waals surface area contributed by atoms with Crippen molar-refractivity contribution in [2.45, 2.75) is 274 Å². The number of amides is 2. The normalized spacial score (nSPS) is 15.5. The smallest absolute Gasteiger partial charge is 0.261 e. The number of rotatable bonds is 43. The average molecular weight is 1160 g/mol. The van der Waals surface area contributed by atoms with Gasteiger partial charge in [0.15, 0.2) is 0 Å². The van der Waals surface area contributed by atoms with Gasteiger partial charge in [-0.15, -0.1) is 45.3 Å². The lowest BCUT2D eigenvalue weighted by Crippen LogP contribution is -2.34. The molecule has 0 bridgehead atoms. The third-order valence-electron chi connectivity index (χ3n) is 18.3. The van der Waals surface area contributed by atoms with Gasteiger partial charge >= 0.3 is 0 Å². The summed E-state index contributed by atoms with van der Waals surface area (Å²) >= 11 is 7.53. The van der Waals surface area contributed by atoms with Crippen LogP contribution in [0.4, 0.5) is 0 Å². The fraction of sp³-hybridized carbons (Fsp3) is 0.667. The number of thiophene rings is 4. The second kappa shape index (κ2) is 34.7. The number of hydrogen-bond donors (Lipinski definition) is 0. The van der Waals surface area contributed by atoms with Gasteiger partial charge in [0.2, 0.25) is 0 Å². The van der Waals surface area contributed by atoms with Crippen molar-refractivity contribution in [1.29, 1.82) is 0 Å². The van der Waals surface area contributed by atoms with E-state index in [4.69, 9.17) is 0 Å². The lowest BCUT2D eigenvalue weighted by molar-refractivity contribution is -0.124. The first-order valence-electron chi connectivity index (χ1n) is 33.5. The Balaban J connectivity index is 1.35. The summed E-state index contributed by atoms with van der Waals surface area (Å²) < 4.78 is 3.04. The van der Waals surface area contributed by atoms with Crippen LogP contribution in [0.1, 0.15) is 282 Å². The zero-order valence-electron chi connectivity index (χ0n) is 51.7. The summed E-state index contributed by atoms with van der Waals surface area (Å²) in [4.78, 5) is 40.4. The largest absolute Gasteiger partial charge is 0.306 e. The van der Waals surface area contributed by atoms with Crippen molar-refractivity contribution in [2.75, 3.05) is 13.1 Å². The minimum atomic E-state index is 0.0439. The molecule has 2 aliphatic heterocycles. The Hall–Kier alpha value is -3.04. The van der Waals surface area contributed by atoms with E-state index in [1.54, 1.807) is 22.5 Å². The Morgan fingerprint density at radius 1 is 0.375 bits per heavy atom. The molecule has 4 nitrogen and oxygen atoms in total. The van der Waals surface area contributed by atoms with Crippen molar-refractivity contribution in [3.05, 3.63) is 79.2 Å². The molecule has 4 unspecified atom stereocenters. The highest BCUT2D eigenvalue weighted by Crippen LogP contribution is 2.52. The van der Waals surface area contributed by atoms with Crippen molar-refractivity contribution < 1.29 is 9.59 Å². The van der Waals surface area contributed by atoms with Crippen LogP contribution in [0.3, 0.4) is 0 Å². The summed E-state index contributed by atoms with van der Waals surface area (Å²) in [6.07, 6.45) is 42.3. The SMILES string of the molecule is CCCCCCC(CCCC)CN1C(=O)C2=C(c3ccc(-c4cc5c(CCC(CCCC)CCCCC)c6sccc6c(CCC(CCCC)CCCCC)c5s4)s3)N(CC(CCCC)CCCCCC)C(=O)C2=C1c1cccs1. The molecule has 2 amide bonds. The molecule has 8 heteroatoms. The van der Waals surface area contributed by atoms with Crippen molar-refractivity contribution in [3.63, 3.8) is 0 Å². The number of aryl methyl sites for hydroxylation is 2. The van der Waals surface area contributed by atoms with Gasteiger partial charge < -0.3 is 9.80 Å². The number of hydrogen-bond acceptors (Lipinski definition) is 6. The van der Waals surface area contributed by atoms with Gasteiger partial charge in [-0.2, -0.15) is 0 Å². The molecule has 4 atom stereocenters. The average Bonchev–Trinajstić information content (AvgIpc) is 4.54. The highest BCUT2D eigenvalue weighted by molar-refractivity contribution is 7.26. The third-order valence-corrected chi connectivity index (χ3v) is 22.7. The molecule has 80 heavy (non-hydrogen) atoms. The maximum atomic E-state index is 15.8. The quantitative estimate of drug-likeness (QED) is 0.0365. The molecule has 0 spiro atoms. The molecule has 442 valence electrons. The first-order valence-corrected chi connectivity index (χ1v) is 36.9. The molecule has 6 heterocycles. The lowest BCUT2D eigenvalue weighted by atomic mass is 9.87. The van der Waals surface area contributed by atoms with Crippen LogP contribution in [0.2, 0.25) is 0 Å². The van der Waals surface area contributed by atoms with Crippen LogP contribution in [0.25, 0.3) is 41.3 Å². The first-order chi connectivity index (χ1) is 39.2. The molecular formula is C72H108N2O2S4. The van der Waals surface area contributed by atoms with E-state index >= 15 is 9.59 Å². The van der Waals surface area contributed by atoms with E-state index in [1.807, 2.05) is 34.0 Å². The van der Waals surface area contributed by atoms with Gasteiger partial charge in [-0.1, -0.05) is 228 Å². The van der Waals surface area contributed by atoms with Gasteiger partial charge in [-0.3, -0.25) is 9.59 Å². The summed E-state index contributed by atoms with van der Waals surface area (Å²) in [7, 11) is 0. The molecule has 0 aliphatic carbocycles. The van der Waals surface area contributed by atoms with Crippen molar-refractivity contribution in [3.8, 4) is 9.75 Å². The summed E-state index contributed by atoms with van der Waals surface area (Å²) in [6.45, 7) is 19.9. The van der Waals surface area contributed by atoms with Crippen molar-refractivity contribution in [1.82, 2.24) is 9.80 Å². The van der Waals surface area contributed by atoms with Crippen LogP contribution >= 0.6 is 45.3 Å². The van der Waals surface area contributed by atoms with Crippen LogP contribution in [-0.4, -0.2) is 34.7 Å². The molecular weight excluding hydrogens is 1050 g/mol. The second-order valence-corrected chi connectivity index (χ2v) is 28.7. The molecule has 4 aromatic heterocycles. The fourth-order valence-corrected chi connectivity index (χ4v) is 17.8.